The van der Waals surface area contributed by atoms with E-state index in [9.17, 15) is 4.79 Å². The lowest BCUT2D eigenvalue weighted by Crippen LogP contribution is -2.25. The molecule has 1 saturated carbocycles. The molecule has 76 valence electrons. The molecular weight excluding hydrogens is 178 g/mol. The predicted octanol–water partition coefficient (Wildman–Crippen LogP) is 0.789. The first-order valence-corrected chi connectivity index (χ1v) is 4.88. The molecule has 1 aromatic heterocycles. The van der Waals surface area contributed by atoms with Crippen LogP contribution < -0.4 is 5.73 Å². The van der Waals surface area contributed by atoms with E-state index in [1.807, 2.05) is 26.4 Å². The highest BCUT2D eigenvalue weighted by Gasteiger charge is 2.58. The van der Waals surface area contributed by atoms with Gasteiger partial charge < -0.3 is 5.73 Å². The third-order valence-electron chi connectivity index (χ3n) is 3.32. The van der Waals surface area contributed by atoms with E-state index in [-0.39, 0.29) is 11.3 Å². The summed E-state index contributed by atoms with van der Waals surface area (Å²) in [7, 11) is 1.88. The summed E-state index contributed by atoms with van der Waals surface area (Å²) in [4.78, 5) is 11.3. The van der Waals surface area contributed by atoms with E-state index in [2.05, 4.69) is 5.10 Å². The second-order valence-corrected chi connectivity index (χ2v) is 4.08. The molecule has 2 atom stereocenters. The van der Waals surface area contributed by atoms with E-state index in [1.165, 1.54) is 0 Å². The number of carbonyl (C=O) groups is 1. The highest BCUT2D eigenvalue weighted by molar-refractivity contribution is 5.85. The van der Waals surface area contributed by atoms with Crippen LogP contribution in [0.25, 0.3) is 0 Å². The van der Waals surface area contributed by atoms with Crippen molar-refractivity contribution in [2.75, 3.05) is 0 Å². The summed E-state index contributed by atoms with van der Waals surface area (Å²) in [5.41, 5.74) is 6.26. The van der Waals surface area contributed by atoms with Gasteiger partial charge in [-0.3, -0.25) is 9.48 Å². The first kappa shape index (κ1) is 9.24. The summed E-state index contributed by atoms with van der Waals surface area (Å²) in [6.45, 7) is 2.02. The highest BCUT2D eigenvalue weighted by Crippen LogP contribution is 2.61. The number of nitrogens with zero attached hydrogens (tertiary/aromatic N) is 2. The van der Waals surface area contributed by atoms with Crippen molar-refractivity contribution >= 4 is 5.91 Å². The minimum atomic E-state index is -0.289. The van der Waals surface area contributed by atoms with Gasteiger partial charge in [-0.25, -0.2) is 0 Å². The number of rotatable bonds is 3. The summed E-state index contributed by atoms with van der Waals surface area (Å²) in [5, 5.41) is 4.10. The van der Waals surface area contributed by atoms with Gasteiger partial charge in [-0.15, -0.1) is 0 Å². The molecule has 1 aliphatic rings. The van der Waals surface area contributed by atoms with Gasteiger partial charge in [-0.05, 0) is 18.4 Å². The molecule has 4 nitrogen and oxygen atoms in total. The molecule has 0 aliphatic heterocycles. The minimum absolute atomic E-state index is 0.172. The Morgan fingerprint density at radius 1 is 1.86 bits per heavy atom. The van der Waals surface area contributed by atoms with Crippen molar-refractivity contribution in [3.63, 3.8) is 0 Å². The number of hydrogen-bond acceptors (Lipinski definition) is 2. The Hall–Kier alpha value is -1.32. The molecule has 1 amide bonds. The molecule has 14 heavy (non-hydrogen) atoms. The van der Waals surface area contributed by atoms with Crippen molar-refractivity contribution < 1.29 is 4.79 Å². The maximum absolute atomic E-state index is 11.3. The Balaban J connectivity index is 2.22. The van der Waals surface area contributed by atoms with Crippen molar-refractivity contribution in [3.8, 4) is 0 Å². The van der Waals surface area contributed by atoms with Crippen LogP contribution in [-0.4, -0.2) is 15.7 Å². The largest absolute Gasteiger partial charge is 0.369 e. The maximum atomic E-state index is 11.3. The van der Waals surface area contributed by atoms with Gasteiger partial charge in [-0.1, -0.05) is 6.92 Å². The number of amides is 1. The second kappa shape index (κ2) is 2.83. The van der Waals surface area contributed by atoms with Crippen molar-refractivity contribution in [2.45, 2.75) is 25.7 Å². The topological polar surface area (TPSA) is 60.9 Å². The Morgan fingerprint density at radius 3 is 2.93 bits per heavy atom. The Kier molecular flexibility index (Phi) is 1.87. The fourth-order valence-corrected chi connectivity index (χ4v) is 2.20. The third kappa shape index (κ3) is 1.14. The molecule has 1 fully saturated rings. The quantitative estimate of drug-likeness (QED) is 0.771. The van der Waals surface area contributed by atoms with Crippen LogP contribution in [0.3, 0.4) is 0 Å². The van der Waals surface area contributed by atoms with E-state index in [1.54, 1.807) is 4.68 Å². The fourth-order valence-electron chi connectivity index (χ4n) is 2.20. The standard InChI is InChI=1S/C10H15N3O/c1-3-10(9(11)14)4-8(10)7-5-12-13(2)6-7/h5-6,8H,3-4H2,1-2H3,(H2,11,14). The first-order valence-electron chi connectivity index (χ1n) is 4.88. The fraction of sp³-hybridized carbons (Fsp3) is 0.600. The Morgan fingerprint density at radius 2 is 2.57 bits per heavy atom. The molecular formula is C10H15N3O. The molecule has 1 heterocycles. The Labute approximate surface area is 83.1 Å². The van der Waals surface area contributed by atoms with E-state index < -0.39 is 0 Å². The van der Waals surface area contributed by atoms with Gasteiger partial charge in [0.2, 0.25) is 5.91 Å². The molecule has 2 rings (SSSR count). The lowest BCUT2D eigenvalue weighted by Gasteiger charge is -2.08. The van der Waals surface area contributed by atoms with E-state index in [4.69, 9.17) is 5.73 Å². The molecule has 0 bridgehead atoms. The first-order chi connectivity index (χ1) is 6.60. The van der Waals surface area contributed by atoms with Crippen LogP contribution in [-0.2, 0) is 11.8 Å². The maximum Gasteiger partial charge on any atom is 0.224 e. The summed E-state index contributed by atoms with van der Waals surface area (Å²) in [6, 6.07) is 0. The molecule has 2 unspecified atom stereocenters. The monoisotopic (exact) mass is 193 g/mol. The van der Waals surface area contributed by atoms with Crippen molar-refractivity contribution in [2.24, 2.45) is 18.2 Å². The minimum Gasteiger partial charge on any atom is -0.369 e. The van der Waals surface area contributed by atoms with Gasteiger partial charge in [0, 0.05) is 19.2 Å². The predicted molar refractivity (Wildman–Crippen MR) is 52.5 cm³/mol. The lowest BCUT2D eigenvalue weighted by molar-refractivity contribution is -0.123. The zero-order chi connectivity index (χ0) is 10.3. The molecule has 0 radical (unpaired) electrons. The molecule has 0 saturated heterocycles. The van der Waals surface area contributed by atoms with Crippen LogP contribution in [0.4, 0.5) is 0 Å². The zero-order valence-corrected chi connectivity index (χ0v) is 8.53. The van der Waals surface area contributed by atoms with E-state index in [0.29, 0.717) is 5.92 Å². The average Bonchev–Trinajstić information content (AvgIpc) is 2.76. The van der Waals surface area contributed by atoms with Crippen LogP contribution in [0.15, 0.2) is 12.4 Å². The van der Waals surface area contributed by atoms with E-state index in [0.717, 1.165) is 18.4 Å². The van der Waals surface area contributed by atoms with Gasteiger partial charge in [0.1, 0.15) is 0 Å². The molecule has 0 spiro atoms. The van der Waals surface area contributed by atoms with Gasteiger partial charge in [-0.2, -0.15) is 5.10 Å². The lowest BCUT2D eigenvalue weighted by atomic mass is 9.97. The van der Waals surface area contributed by atoms with Gasteiger partial charge >= 0.3 is 0 Å². The third-order valence-corrected chi connectivity index (χ3v) is 3.32. The molecule has 1 aromatic rings. The van der Waals surface area contributed by atoms with Crippen LogP contribution in [0.5, 0.6) is 0 Å². The van der Waals surface area contributed by atoms with Crippen LogP contribution in [0, 0.1) is 5.41 Å². The van der Waals surface area contributed by atoms with Gasteiger partial charge in [0.05, 0.1) is 11.6 Å². The summed E-state index contributed by atoms with van der Waals surface area (Å²) in [6.07, 6.45) is 5.49. The number of primary amides is 1. The van der Waals surface area contributed by atoms with Crippen molar-refractivity contribution in [3.05, 3.63) is 18.0 Å². The van der Waals surface area contributed by atoms with Crippen molar-refractivity contribution in [1.82, 2.24) is 9.78 Å². The van der Waals surface area contributed by atoms with Gasteiger partial charge in [0.15, 0.2) is 0 Å². The average molecular weight is 193 g/mol. The zero-order valence-electron chi connectivity index (χ0n) is 8.53. The van der Waals surface area contributed by atoms with E-state index >= 15 is 0 Å². The van der Waals surface area contributed by atoms with Crippen LogP contribution >= 0.6 is 0 Å². The number of aromatic nitrogens is 2. The number of nitrogens with two attached hydrogens (primary N) is 1. The summed E-state index contributed by atoms with van der Waals surface area (Å²) < 4.78 is 1.76. The van der Waals surface area contributed by atoms with Crippen LogP contribution in [0.1, 0.15) is 31.2 Å². The summed E-state index contributed by atoms with van der Waals surface area (Å²) in [5.74, 6) is 0.118. The van der Waals surface area contributed by atoms with Gasteiger partial charge in [0.25, 0.3) is 0 Å². The summed E-state index contributed by atoms with van der Waals surface area (Å²) >= 11 is 0. The number of aryl methyl sites for hydroxylation is 1. The number of hydrogen-bond donors (Lipinski definition) is 1. The normalized spacial score (nSPS) is 30.3. The molecule has 1 aliphatic carbocycles. The molecule has 2 N–H and O–H groups in total. The molecule has 0 aromatic carbocycles. The smallest absolute Gasteiger partial charge is 0.224 e. The number of carbonyl (C=O) groups excluding carboxylic acids is 1. The second-order valence-electron chi connectivity index (χ2n) is 4.08. The Bertz CT molecular complexity index is 371. The SMILES string of the molecule is CCC1(C(N)=O)CC1c1cnn(C)c1. The highest BCUT2D eigenvalue weighted by atomic mass is 16.1. The van der Waals surface area contributed by atoms with Crippen molar-refractivity contribution in [1.29, 1.82) is 0 Å². The molecule has 4 heteroatoms. The van der Waals surface area contributed by atoms with Crippen LogP contribution in [0.2, 0.25) is 0 Å².